The first-order valence-corrected chi connectivity index (χ1v) is 9.26. The van der Waals surface area contributed by atoms with Gasteiger partial charge in [-0.15, -0.1) is 10.2 Å². The quantitative estimate of drug-likeness (QED) is 0.907. The number of fused-ring (bicyclic) bond motifs is 1. The molecule has 6 nitrogen and oxygen atoms in total. The molecule has 0 unspecified atom stereocenters. The van der Waals surface area contributed by atoms with E-state index < -0.39 is 5.97 Å². The number of rotatable bonds is 5. The number of carboxylic acids is 1. The zero-order valence-corrected chi connectivity index (χ0v) is 14.2. The molecule has 2 fully saturated rings. The van der Waals surface area contributed by atoms with E-state index >= 15 is 0 Å². The standard InChI is InChI=1S/C19H22N4O2/c24-19(25)15-3-1-5-16-14(15)4-2-10-22(16)11-17-20-21-18(12-6-7-12)23(17)13-8-9-13/h1,3,5,12-13H,2,4,6-11H2,(H,24,25). The van der Waals surface area contributed by atoms with Gasteiger partial charge in [-0.05, 0) is 56.2 Å². The van der Waals surface area contributed by atoms with E-state index in [9.17, 15) is 9.90 Å². The van der Waals surface area contributed by atoms with Crippen LogP contribution in [0, 0.1) is 0 Å². The normalized spacial score (nSPS) is 19.8. The number of carboxylic acid groups (broad SMARTS) is 1. The zero-order valence-electron chi connectivity index (χ0n) is 14.2. The molecule has 0 saturated heterocycles. The summed E-state index contributed by atoms with van der Waals surface area (Å²) in [5.74, 6) is 1.98. The maximum atomic E-state index is 11.5. The van der Waals surface area contributed by atoms with Crippen LogP contribution in [0.3, 0.4) is 0 Å². The number of hydrogen-bond acceptors (Lipinski definition) is 4. The van der Waals surface area contributed by atoms with E-state index in [0.717, 1.165) is 36.5 Å². The van der Waals surface area contributed by atoms with E-state index in [1.54, 1.807) is 6.07 Å². The Morgan fingerprint density at radius 3 is 2.76 bits per heavy atom. The highest BCUT2D eigenvalue weighted by molar-refractivity contribution is 5.91. The van der Waals surface area contributed by atoms with Gasteiger partial charge in [0.05, 0.1) is 12.1 Å². The Kier molecular flexibility index (Phi) is 3.33. The monoisotopic (exact) mass is 338 g/mol. The summed E-state index contributed by atoms with van der Waals surface area (Å²) in [5.41, 5.74) is 2.44. The maximum Gasteiger partial charge on any atom is 0.336 e. The minimum atomic E-state index is -0.837. The molecule has 5 rings (SSSR count). The predicted molar refractivity (Wildman–Crippen MR) is 93.0 cm³/mol. The molecule has 2 saturated carbocycles. The van der Waals surface area contributed by atoms with Crippen LogP contribution in [0.15, 0.2) is 18.2 Å². The largest absolute Gasteiger partial charge is 0.478 e. The molecule has 0 radical (unpaired) electrons. The van der Waals surface area contributed by atoms with Crippen molar-refractivity contribution < 1.29 is 9.90 Å². The van der Waals surface area contributed by atoms with Crippen molar-refractivity contribution in [1.82, 2.24) is 14.8 Å². The molecular formula is C19H22N4O2. The van der Waals surface area contributed by atoms with Crippen molar-refractivity contribution in [3.05, 3.63) is 41.0 Å². The molecule has 2 aliphatic carbocycles. The molecule has 130 valence electrons. The lowest BCUT2D eigenvalue weighted by atomic mass is 9.96. The van der Waals surface area contributed by atoms with E-state index in [-0.39, 0.29) is 0 Å². The number of aromatic nitrogens is 3. The predicted octanol–water partition coefficient (Wildman–Crippen LogP) is 3.14. The minimum absolute atomic E-state index is 0.435. The van der Waals surface area contributed by atoms with Crippen LogP contribution in [0.2, 0.25) is 0 Å². The van der Waals surface area contributed by atoms with Crippen molar-refractivity contribution in [2.45, 2.75) is 57.0 Å². The van der Waals surface area contributed by atoms with E-state index in [4.69, 9.17) is 0 Å². The molecule has 6 heteroatoms. The smallest absolute Gasteiger partial charge is 0.336 e. The van der Waals surface area contributed by atoms with Gasteiger partial charge in [-0.3, -0.25) is 0 Å². The van der Waals surface area contributed by atoms with Gasteiger partial charge in [0, 0.05) is 24.2 Å². The molecular weight excluding hydrogens is 316 g/mol. The Labute approximate surface area is 146 Å². The van der Waals surface area contributed by atoms with Crippen molar-refractivity contribution in [3.63, 3.8) is 0 Å². The number of aromatic carboxylic acids is 1. The summed E-state index contributed by atoms with van der Waals surface area (Å²) >= 11 is 0. The summed E-state index contributed by atoms with van der Waals surface area (Å²) in [7, 11) is 0. The first-order valence-electron chi connectivity index (χ1n) is 9.26. The molecule has 2 aromatic rings. The van der Waals surface area contributed by atoms with E-state index in [1.165, 1.54) is 31.5 Å². The Morgan fingerprint density at radius 1 is 1.20 bits per heavy atom. The molecule has 25 heavy (non-hydrogen) atoms. The van der Waals surface area contributed by atoms with Gasteiger partial charge < -0.3 is 14.6 Å². The lowest BCUT2D eigenvalue weighted by Crippen LogP contribution is -2.31. The van der Waals surface area contributed by atoms with Crippen molar-refractivity contribution in [1.29, 1.82) is 0 Å². The van der Waals surface area contributed by atoms with E-state index in [2.05, 4.69) is 19.7 Å². The van der Waals surface area contributed by atoms with Crippen LogP contribution in [-0.4, -0.2) is 32.4 Å². The molecule has 0 bridgehead atoms. The number of hydrogen-bond donors (Lipinski definition) is 1. The van der Waals surface area contributed by atoms with Crippen molar-refractivity contribution >= 4 is 11.7 Å². The third kappa shape index (κ3) is 2.60. The van der Waals surface area contributed by atoms with E-state index in [1.807, 2.05) is 12.1 Å². The number of nitrogens with zero attached hydrogens (tertiary/aromatic N) is 4. The first kappa shape index (κ1) is 14.9. The fourth-order valence-electron chi connectivity index (χ4n) is 4.03. The molecule has 0 amide bonds. The van der Waals surface area contributed by atoms with Crippen LogP contribution < -0.4 is 4.90 Å². The Bertz CT molecular complexity index is 836. The molecule has 2 heterocycles. The van der Waals surface area contributed by atoms with Crippen LogP contribution in [0.25, 0.3) is 0 Å². The zero-order chi connectivity index (χ0) is 17.0. The van der Waals surface area contributed by atoms with E-state index in [0.29, 0.717) is 24.1 Å². The number of anilines is 1. The second-order valence-electron chi connectivity index (χ2n) is 7.48. The molecule has 1 aromatic heterocycles. The fraction of sp³-hybridized carbons (Fsp3) is 0.526. The highest BCUT2D eigenvalue weighted by atomic mass is 16.4. The third-order valence-corrected chi connectivity index (χ3v) is 5.56. The minimum Gasteiger partial charge on any atom is -0.478 e. The lowest BCUT2D eigenvalue weighted by molar-refractivity contribution is 0.0695. The highest BCUT2D eigenvalue weighted by Gasteiger charge is 2.36. The van der Waals surface area contributed by atoms with Gasteiger partial charge in [-0.1, -0.05) is 6.07 Å². The highest BCUT2D eigenvalue weighted by Crippen LogP contribution is 2.45. The van der Waals surface area contributed by atoms with Crippen molar-refractivity contribution in [3.8, 4) is 0 Å². The topological polar surface area (TPSA) is 71.2 Å². The average molecular weight is 338 g/mol. The number of benzene rings is 1. The summed E-state index contributed by atoms with van der Waals surface area (Å²) in [6, 6.07) is 6.18. The van der Waals surface area contributed by atoms with Crippen LogP contribution >= 0.6 is 0 Å². The molecule has 3 aliphatic rings. The van der Waals surface area contributed by atoms with Crippen LogP contribution in [0.1, 0.15) is 71.6 Å². The molecule has 0 atom stereocenters. The van der Waals surface area contributed by atoms with Crippen molar-refractivity contribution in [2.24, 2.45) is 0 Å². The van der Waals surface area contributed by atoms with Gasteiger partial charge in [0.1, 0.15) is 5.82 Å². The second kappa shape index (κ2) is 5.58. The number of carbonyl (C=O) groups is 1. The summed E-state index contributed by atoms with van der Waals surface area (Å²) in [6.45, 7) is 1.65. The molecule has 1 aliphatic heterocycles. The fourth-order valence-corrected chi connectivity index (χ4v) is 4.03. The summed E-state index contributed by atoms with van der Waals surface area (Å²) < 4.78 is 2.38. The van der Waals surface area contributed by atoms with Crippen LogP contribution in [-0.2, 0) is 13.0 Å². The Balaban J connectivity index is 1.49. The molecule has 0 spiro atoms. The SMILES string of the molecule is O=C(O)c1cccc2c1CCCN2Cc1nnc(C2CC2)n1C1CC1. The van der Waals surface area contributed by atoms with Crippen LogP contribution in [0.5, 0.6) is 0 Å². The van der Waals surface area contributed by atoms with Crippen molar-refractivity contribution in [2.75, 3.05) is 11.4 Å². The van der Waals surface area contributed by atoms with Gasteiger partial charge in [0.2, 0.25) is 0 Å². The molecule has 1 aromatic carbocycles. The summed E-state index contributed by atoms with van der Waals surface area (Å²) in [6.07, 6.45) is 6.73. The van der Waals surface area contributed by atoms with Gasteiger partial charge in [0.25, 0.3) is 0 Å². The maximum absolute atomic E-state index is 11.5. The van der Waals surface area contributed by atoms with Gasteiger partial charge in [-0.25, -0.2) is 4.79 Å². The van der Waals surface area contributed by atoms with Crippen LogP contribution in [0.4, 0.5) is 5.69 Å². The average Bonchev–Trinajstić information content (AvgIpc) is 3.54. The Morgan fingerprint density at radius 2 is 2.04 bits per heavy atom. The Hall–Kier alpha value is -2.37. The van der Waals surface area contributed by atoms with Gasteiger partial charge in [-0.2, -0.15) is 0 Å². The summed E-state index contributed by atoms with van der Waals surface area (Å²) in [4.78, 5) is 13.8. The molecule has 1 N–H and O–H groups in total. The third-order valence-electron chi connectivity index (χ3n) is 5.56. The second-order valence-corrected chi connectivity index (χ2v) is 7.48. The van der Waals surface area contributed by atoms with Gasteiger partial charge in [0.15, 0.2) is 5.82 Å². The summed E-state index contributed by atoms with van der Waals surface area (Å²) in [5, 5.41) is 18.5. The van der Waals surface area contributed by atoms with Gasteiger partial charge >= 0.3 is 5.97 Å². The first-order chi connectivity index (χ1) is 12.2. The lowest BCUT2D eigenvalue weighted by Gasteiger charge is -2.31.